The molecule has 0 aliphatic carbocycles. The second-order valence-corrected chi connectivity index (χ2v) is 4.72. The Bertz CT molecular complexity index is 301. The molecule has 1 heterocycles. The maximum atomic E-state index is 9.92. The number of aliphatic hydroxyl groups is 1. The number of nitrogens with two attached hydrogens (primary N) is 1. The van der Waals surface area contributed by atoms with E-state index in [2.05, 4.69) is 10.3 Å². The number of thiazole rings is 1. The lowest BCUT2D eigenvalue weighted by molar-refractivity contribution is 0.0357. The van der Waals surface area contributed by atoms with Crippen LogP contribution in [0.5, 0.6) is 0 Å². The first-order chi connectivity index (χ1) is 7.03. The number of nitrogens with zero attached hydrogens (tertiary/aromatic N) is 1. The van der Waals surface area contributed by atoms with Gasteiger partial charge in [0.2, 0.25) is 0 Å². The molecule has 1 aromatic rings. The maximum absolute atomic E-state index is 9.92. The summed E-state index contributed by atoms with van der Waals surface area (Å²) < 4.78 is 4.91. The smallest absolute Gasteiger partial charge is 0.184 e. The molecular weight excluding hydrogens is 214 g/mol. The summed E-state index contributed by atoms with van der Waals surface area (Å²) in [4.78, 5) is 4.04. The van der Waals surface area contributed by atoms with Crippen LogP contribution in [-0.2, 0) is 4.74 Å². The summed E-state index contributed by atoms with van der Waals surface area (Å²) in [6.45, 7) is 2.73. The Balaban J connectivity index is 2.35. The van der Waals surface area contributed by atoms with E-state index >= 15 is 0 Å². The maximum Gasteiger partial charge on any atom is 0.184 e. The number of nitrogen functional groups attached to an aromatic ring is 1. The van der Waals surface area contributed by atoms with Gasteiger partial charge in [-0.3, -0.25) is 0 Å². The van der Waals surface area contributed by atoms with Gasteiger partial charge in [-0.2, -0.15) is 0 Å². The van der Waals surface area contributed by atoms with Gasteiger partial charge < -0.3 is 20.9 Å². The van der Waals surface area contributed by atoms with Crippen LogP contribution in [0, 0.1) is 0 Å². The number of aromatic nitrogens is 1. The van der Waals surface area contributed by atoms with Crippen LogP contribution < -0.4 is 11.1 Å². The zero-order chi connectivity index (χ0) is 11.3. The van der Waals surface area contributed by atoms with Crippen molar-refractivity contribution in [2.45, 2.75) is 18.9 Å². The average Bonchev–Trinajstić information content (AvgIpc) is 2.59. The monoisotopic (exact) mass is 231 g/mol. The van der Waals surface area contributed by atoms with E-state index in [9.17, 15) is 5.11 Å². The first-order valence-electron chi connectivity index (χ1n) is 4.70. The van der Waals surface area contributed by atoms with E-state index in [1.165, 1.54) is 11.3 Å². The molecule has 0 amide bonds. The van der Waals surface area contributed by atoms with Crippen molar-refractivity contribution in [3.63, 3.8) is 0 Å². The molecule has 86 valence electrons. The largest absolute Gasteiger partial charge is 0.389 e. The highest BCUT2D eigenvalue weighted by molar-refractivity contribution is 7.19. The SMILES string of the molecule is COCCC(C)(O)CNc1ncc(N)s1. The molecule has 4 N–H and O–H groups in total. The summed E-state index contributed by atoms with van der Waals surface area (Å²) in [5.74, 6) is 0. The zero-order valence-corrected chi connectivity index (χ0v) is 9.80. The minimum Gasteiger partial charge on any atom is -0.389 e. The van der Waals surface area contributed by atoms with Crippen LogP contribution in [-0.4, -0.2) is 36.0 Å². The lowest BCUT2D eigenvalue weighted by Gasteiger charge is -2.22. The van der Waals surface area contributed by atoms with Gasteiger partial charge in [0.1, 0.15) is 5.00 Å². The third kappa shape index (κ3) is 4.46. The fraction of sp³-hybridized carbons (Fsp3) is 0.667. The highest BCUT2D eigenvalue weighted by Crippen LogP contribution is 2.20. The Morgan fingerprint density at radius 2 is 2.47 bits per heavy atom. The van der Waals surface area contributed by atoms with Gasteiger partial charge >= 0.3 is 0 Å². The fourth-order valence-electron chi connectivity index (χ4n) is 1.04. The number of ether oxygens (including phenoxy) is 1. The van der Waals surface area contributed by atoms with E-state index in [0.29, 0.717) is 24.6 Å². The third-order valence-electron chi connectivity index (χ3n) is 1.99. The molecule has 15 heavy (non-hydrogen) atoms. The van der Waals surface area contributed by atoms with Crippen LogP contribution in [0.15, 0.2) is 6.20 Å². The Morgan fingerprint density at radius 1 is 1.73 bits per heavy atom. The van der Waals surface area contributed by atoms with Crippen molar-refractivity contribution in [1.82, 2.24) is 4.98 Å². The van der Waals surface area contributed by atoms with Gasteiger partial charge in [-0.1, -0.05) is 11.3 Å². The number of hydrogen-bond acceptors (Lipinski definition) is 6. The predicted octanol–water partition coefficient (Wildman–Crippen LogP) is 0.925. The second kappa shape index (κ2) is 5.29. The van der Waals surface area contributed by atoms with E-state index in [-0.39, 0.29) is 0 Å². The van der Waals surface area contributed by atoms with E-state index in [1.54, 1.807) is 20.2 Å². The van der Waals surface area contributed by atoms with Crippen molar-refractivity contribution < 1.29 is 9.84 Å². The standard InChI is InChI=1S/C9H17N3O2S/c1-9(13,3-4-14-2)6-12-8-11-5-7(10)15-8/h5,13H,3-4,6,10H2,1-2H3,(H,11,12). The number of rotatable bonds is 6. The molecule has 1 unspecified atom stereocenters. The number of methoxy groups -OCH3 is 1. The van der Waals surface area contributed by atoms with Gasteiger partial charge in [-0.05, 0) is 6.92 Å². The summed E-state index contributed by atoms with van der Waals surface area (Å²) in [7, 11) is 1.62. The molecule has 1 aromatic heterocycles. The summed E-state index contributed by atoms with van der Waals surface area (Å²) >= 11 is 1.37. The van der Waals surface area contributed by atoms with Crippen LogP contribution in [0.3, 0.4) is 0 Å². The highest BCUT2D eigenvalue weighted by atomic mass is 32.1. The van der Waals surface area contributed by atoms with Gasteiger partial charge in [0.15, 0.2) is 5.13 Å². The molecule has 0 spiro atoms. The fourth-order valence-corrected chi connectivity index (χ4v) is 1.62. The van der Waals surface area contributed by atoms with Crippen molar-refractivity contribution in [1.29, 1.82) is 0 Å². The first-order valence-corrected chi connectivity index (χ1v) is 5.52. The third-order valence-corrected chi connectivity index (χ3v) is 2.77. The van der Waals surface area contributed by atoms with Crippen LogP contribution in [0.2, 0.25) is 0 Å². The number of nitrogens with one attached hydrogen (secondary N) is 1. The highest BCUT2D eigenvalue weighted by Gasteiger charge is 2.19. The van der Waals surface area contributed by atoms with Crippen molar-refractivity contribution >= 4 is 21.5 Å². The van der Waals surface area contributed by atoms with E-state index in [0.717, 1.165) is 5.13 Å². The summed E-state index contributed by atoms with van der Waals surface area (Å²) in [6.07, 6.45) is 2.17. The summed E-state index contributed by atoms with van der Waals surface area (Å²) in [6, 6.07) is 0. The van der Waals surface area contributed by atoms with E-state index < -0.39 is 5.60 Å². The minimum absolute atomic E-state index is 0.434. The zero-order valence-electron chi connectivity index (χ0n) is 8.99. The lowest BCUT2D eigenvalue weighted by atomic mass is 10.0. The molecule has 0 radical (unpaired) electrons. The average molecular weight is 231 g/mol. The first kappa shape index (κ1) is 12.2. The lowest BCUT2D eigenvalue weighted by Crippen LogP contribution is -2.34. The topological polar surface area (TPSA) is 80.4 Å². The molecule has 0 saturated carbocycles. The quantitative estimate of drug-likeness (QED) is 0.678. The van der Waals surface area contributed by atoms with Crippen molar-refractivity contribution in [2.75, 3.05) is 31.3 Å². The van der Waals surface area contributed by atoms with Gasteiger partial charge in [0.05, 0.1) is 11.8 Å². The Kier molecular flexibility index (Phi) is 4.31. The molecule has 0 saturated heterocycles. The Morgan fingerprint density at radius 3 is 3.00 bits per heavy atom. The molecule has 1 atom stereocenters. The predicted molar refractivity (Wildman–Crippen MR) is 62.1 cm³/mol. The van der Waals surface area contributed by atoms with Gasteiger partial charge in [0, 0.05) is 26.7 Å². The van der Waals surface area contributed by atoms with Crippen LogP contribution in [0.4, 0.5) is 10.1 Å². The van der Waals surface area contributed by atoms with Crippen LogP contribution in [0.1, 0.15) is 13.3 Å². The molecule has 6 heteroatoms. The van der Waals surface area contributed by atoms with Gasteiger partial charge in [-0.15, -0.1) is 0 Å². The Labute approximate surface area is 93.3 Å². The van der Waals surface area contributed by atoms with Gasteiger partial charge in [-0.25, -0.2) is 4.98 Å². The molecule has 1 rings (SSSR count). The second-order valence-electron chi connectivity index (χ2n) is 3.66. The molecule has 0 fully saturated rings. The van der Waals surface area contributed by atoms with Crippen molar-refractivity contribution in [3.8, 4) is 0 Å². The minimum atomic E-state index is -0.795. The van der Waals surface area contributed by atoms with E-state index in [1.807, 2.05) is 0 Å². The van der Waals surface area contributed by atoms with E-state index in [4.69, 9.17) is 10.5 Å². The Hall–Kier alpha value is -0.850. The van der Waals surface area contributed by atoms with Crippen LogP contribution in [0.25, 0.3) is 0 Å². The van der Waals surface area contributed by atoms with Crippen LogP contribution >= 0.6 is 11.3 Å². The number of hydrogen-bond donors (Lipinski definition) is 3. The molecular formula is C9H17N3O2S. The summed E-state index contributed by atoms with van der Waals surface area (Å²) in [5.41, 5.74) is 4.74. The molecule has 0 aromatic carbocycles. The molecule has 0 aliphatic rings. The van der Waals surface area contributed by atoms with Crippen molar-refractivity contribution in [3.05, 3.63) is 6.20 Å². The molecule has 5 nitrogen and oxygen atoms in total. The molecule has 0 aliphatic heterocycles. The van der Waals surface area contributed by atoms with Crippen molar-refractivity contribution in [2.24, 2.45) is 0 Å². The summed E-state index contributed by atoms with van der Waals surface area (Å²) in [5, 5.41) is 14.3. The number of anilines is 2. The van der Waals surface area contributed by atoms with Gasteiger partial charge in [0.25, 0.3) is 0 Å². The normalized spacial score (nSPS) is 14.9. The molecule has 0 bridgehead atoms.